The summed E-state index contributed by atoms with van der Waals surface area (Å²) < 4.78 is 16.5. The van der Waals surface area contributed by atoms with E-state index in [4.69, 9.17) is 19.3 Å². The van der Waals surface area contributed by atoms with Gasteiger partial charge in [-0.3, -0.25) is 0 Å². The maximum absolute atomic E-state index is 10.2. The average Bonchev–Trinajstić information content (AvgIpc) is 3.30. The molecule has 1 saturated heterocycles. The van der Waals surface area contributed by atoms with Crippen LogP contribution in [0, 0.1) is 21.3 Å². The third-order valence-corrected chi connectivity index (χ3v) is 5.30. The molecule has 0 saturated carbocycles. The van der Waals surface area contributed by atoms with Crippen molar-refractivity contribution in [3.63, 3.8) is 0 Å². The third kappa shape index (κ3) is 9.29. The number of allylic oxidation sites excluding steroid dienone is 1. The molecule has 35 heavy (non-hydrogen) atoms. The fraction of sp³-hybridized carbons (Fsp3) is 0.296. The number of aromatic carboxylic acids is 1. The van der Waals surface area contributed by atoms with E-state index in [0.717, 1.165) is 35.7 Å². The van der Waals surface area contributed by atoms with Gasteiger partial charge in [-0.05, 0) is 42.8 Å². The summed E-state index contributed by atoms with van der Waals surface area (Å²) >= 11 is 0. The number of H-pyrrole nitrogens is 1. The van der Waals surface area contributed by atoms with E-state index < -0.39 is 5.97 Å². The van der Waals surface area contributed by atoms with Gasteiger partial charge in [0.05, 0.1) is 31.6 Å². The minimum atomic E-state index is -0.879. The SMILES string of the molecule is O=C(O)c1ccccc1.[CH2-]C/C(=C\CNCc1c(OC)cc(C)c2[nH]ccc12)OC1COC1.[CH3-].[Cs+]. The molecule has 0 atom stereocenters. The van der Waals surface area contributed by atoms with Gasteiger partial charge >= 0.3 is 74.9 Å². The molecule has 2 aromatic carbocycles. The fourth-order valence-corrected chi connectivity index (χ4v) is 3.47. The Kier molecular flexibility index (Phi) is 15.0. The Labute approximate surface area is 267 Å². The van der Waals surface area contributed by atoms with Crippen molar-refractivity contribution in [2.45, 2.75) is 26.0 Å². The Morgan fingerprint density at radius 3 is 2.54 bits per heavy atom. The smallest absolute Gasteiger partial charge is 0.496 e. The normalized spacial score (nSPS) is 12.9. The number of benzene rings is 2. The number of fused-ring (bicyclic) bond motifs is 1. The zero-order chi connectivity index (χ0) is 23.6. The maximum Gasteiger partial charge on any atom is 1.00 e. The molecule has 1 aromatic heterocycles. The summed E-state index contributed by atoms with van der Waals surface area (Å²) in [5.74, 6) is 0.949. The molecule has 1 fully saturated rings. The summed E-state index contributed by atoms with van der Waals surface area (Å²) in [6.45, 7) is 8.81. The molecule has 0 amide bonds. The summed E-state index contributed by atoms with van der Waals surface area (Å²) in [7, 11) is 1.71. The van der Waals surface area contributed by atoms with Gasteiger partial charge < -0.3 is 44.0 Å². The molecule has 2 heterocycles. The van der Waals surface area contributed by atoms with Crippen molar-refractivity contribution in [1.29, 1.82) is 0 Å². The summed E-state index contributed by atoms with van der Waals surface area (Å²) in [6.07, 6.45) is 4.86. The van der Waals surface area contributed by atoms with Gasteiger partial charge in [-0.15, -0.1) is 6.42 Å². The van der Waals surface area contributed by atoms with E-state index in [1.54, 1.807) is 37.4 Å². The zero-order valence-corrected chi connectivity index (χ0v) is 27.4. The summed E-state index contributed by atoms with van der Waals surface area (Å²) in [5.41, 5.74) is 3.84. The second-order valence-electron chi connectivity index (χ2n) is 7.64. The molecule has 184 valence electrons. The predicted molar refractivity (Wildman–Crippen MR) is 135 cm³/mol. The number of rotatable bonds is 9. The number of hydrogen-bond donors (Lipinski definition) is 3. The molecule has 0 radical (unpaired) electrons. The van der Waals surface area contributed by atoms with Crippen LogP contribution in [0.3, 0.4) is 0 Å². The Morgan fingerprint density at radius 1 is 1.29 bits per heavy atom. The summed E-state index contributed by atoms with van der Waals surface area (Å²) in [4.78, 5) is 13.5. The fourth-order valence-electron chi connectivity index (χ4n) is 3.47. The minimum absolute atomic E-state index is 0. The van der Waals surface area contributed by atoms with Crippen LogP contribution < -0.4 is 78.9 Å². The molecule has 4 rings (SSSR count). The number of carbonyl (C=O) groups is 1. The van der Waals surface area contributed by atoms with Crippen molar-refractivity contribution >= 4 is 16.9 Å². The average molecular weight is 599 g/mol. The zero-order valence-electron chi connectivity index (χ0n) is 21.1. The standard InChI is InChI=1S/C19H25N2O3.C7H6O2.CH3.Cs/c1-4-14(24-15-11-23-12-15)5-7-20-10-17-16-6-8-21-19(16)13(2)9-18(17)22-3;8-7(9)6-4-2-1-3-5-6;;/h5-6,8-9,15,20-21H,1,4,7,10-12H2,2-3H3;1-5H,(H,8,9);1H3;/q-1;;-1;+1/b14-5+;;;. The topological polar surface area (TPSA) is 92.8 Å². The van der Waals surface area contributed by atoms with E-state index in [0.29, 0.717) is 25.2 Å². The molecule has 1 aliphatic rings. The van der Waals surface area contributed by atoms with Crippen LogP contribution >= 0.6 is 0 Å². The third-order valence-electron chi connectivity index (χ3n) is 5.30. The second kappa shape index (κ2) is 16.5. The van der Waals surface area contributed by atoms with Crippen molar-refractivity contribution in [1.82, 2.24) is 10.3 Å². The van der Waals surface area contributed by atoms with Crippen LogP contribution in [0.2, 0.25) is 0 Å². The molecule has 3 aromatic rings. The summed E-state index contributed by atoms with van der Waals surface area (Å²) in [6, 6.07) is 12.5. The van der Waals surface area contributed by atoms with Crippen molar-refractivity contribution in [2.75, 3.05) is 26.9 Å². The molecule has 1 aliphatic heterocycles. The Bertz CT molecular complexity index is 1080. The van der Waals surface area contributed by atoms with Crippen LogP contribution in [0.15, 0.2) is 60.5 Å². The van der Waals surface area contributed by atoms with Gasteiger partial charge in [-0.2, -0.15) is 0 Å². The first-order valence-corrected chi connectivity index (χ1v) is 10.9. The van der Waals surface area contributed by atoms with E-state index in [1.807, 2.05) is 6.20 Å². The molecule has 0 spiro atoms. The number of aromatic nitrogens is 1. The van der Waals surface area contributed by atoms with Gasteiger partial charge in [0.15, 0.2) is 0 Å². The van der Waals surface area contributed by atoms with Crippen molar-refractivity contribution in [2.24, 2.45) is 0 Å². The van der Waals surface area contributed by atoms with Gasteiger partial charge in [-0.1, -0.05) is 18.2 Å². The molecule has 7 nitrogen and oxygen atoms in total. The van der Waals surface area contributed by atoms with Crippen molar-refractivity contribution in [3.8, 4) is 5.75 Å². The number of carboxylic acids is 1. The van der Waals surface area contributed by atoms with Gasteiger partial charge in [0.1, 0.15) is 11.9 Å². The molecular weight excluding hydrogens is 565 g/mol. The number of hydrogen-bond acceptors (Lipinski definition) is 5. The number of aromatic amines is 1. The first-order chi connectivity index (χ1) is 16.0. The number of ether oxygens (including phenoxy) is 3. The van der Waals surface area contributed by atoms with Crippen LogP contribution in [0.1, 0.15) is 27.9 Å². The number of nitrogens with one attached hydrogen (secondary N) is 2. The van der Waals surface area contributed by atoms with Crippen molar-refractivity contribution in [3.05, 3.63) is 91.5 Å². The molecule has 0 bridgehead atoms. The van der Waals surface area contributed by atoms with Gasteiger partial charge in [0.2, 0.25) is 0 Å². The van der Waals surface area contributed by atoms with Crippen LogP contribution in [0.5, 0.6) is 5.75 Å². The van der Waals surface area contributed by atoms with Crippen LogP contribution in [-0.4, -0.2) is 49.0 Å². The Balaban J connectivity index is 0.000000474. The van der Waals surface area contributed by atoms with E-state index in [2.05, 4.69) is 42.4 Å². The van der Waals surface area contributed by atoms with E-state index in [9.17, 15) is 4.79 Å². The largest absolute Gasteiger partial charge is 1.00 e. The second-order valence-corrected chi connectivity index (χ2v) is 7.64. The van der Waals surface area contributed by atoms with Gasteiger partial charge in [-0.25, -0.2) is 4.79 Å². The minimum Gasteiger partial charge on any atom is -0.496 e. The molecule has 3 N–H and O–H groups in total. The van der Waals surface area contributed by atoms with E-state index in [1.165, 1.54) is 10.9 Å². The number of carboxylic acid groups (broad SMARTS) is 1. The molecule has 8 heteroatoms. The molecule has 0 aliphatic carbocycles. The molecular formula is C27H34CsN2O5-. The number of methoxy groups -OCH3 is 1. The van der Waals surface area contributed by atoms with Crippen LogP contribution in [0.4, 0.5) is 0 Å². The van der Waals surface area contributed by atoms with Crippen LogP contribution in [-0.2, 0) is 16.0 Å². The maximum atomic E-state index is 10.2. The van der Waals surface area contributed by atoms with E-state index in [-0.39, 0.29) is 82.4 Å². The molecule has 0 unspecified atom stereocenters. The van der Waals surface area contributed by atoms with Crippen molar-refractivity contribution < 1.29 is 93.0 Å². The van der Waals surface area contributed by atoms with Gasteiger partial charge in [0, 0.05) is 35.8 Å². The monoisotopic (exact) mass is 599 g/mol. The number of aryl methyl sites for hydroxylation is 1. The first-order valence-electron chi connectivity index (χ1n) is 10.9. The first kappa shape index (κ1) is 31.8. The summed E-state index contributed by atoms with van der Waals surface area (Å²) in [5, 5.41) is 13.0. The van der Waals surface area contributed by atoms with Gasteiger partial charge in [0.25, 0.3) is 0 Å². The predicted octanol–water partition coefficient (Wildman–Crippen LogP) is 1.94. The quantitative estimate of drug-likeness (QED) is 0.198. The van der Waals surface area contributed by atoms with Crippen LogP contribution in [0.25, 0.3) is 10.9 Å². The van der Waals surface area contributed by atoms with E-state index >= 15 is 0 Å². The Hall–Kier alpha value is -1.24. The Morgan fingerprint density at radius 2 is 2.00 bits per heavy atom.